The molecule has 2 heterocycles. The summed E-state index contributed by atoms with van der Waals surface area (Å²) in [5.41, 5.74) is -0.787. The molecule has 2 aliphatic rings. The number of halogens is 3. The van der Waals surface area contributed by atoms with Crippen LogP contribution in [-0.2, 0) is 22.3 Å². The fraction of sp³-hybridized carbons (Fsp3) is 0.400. The van der Waals surface area contributed by atoms with E-state index in [1.807, 2.05) is 0 Å². The van der Waals surface area contributed by atoms with Crippen LogP contribution < -0.4 is 10.1 Å². The first-order chi connectivity index (χ1) is 11.2. The fourth-order valence-corrected chi connectivity index (χ4v) is 2.98. The standard InChI is InChI=1S/C15H13F3N2O4/c1-24-11-4-7-6-20(10-2-3-12(21)19-13(10)22)14(23)8(7)5-9(11)15(16,17)18/h4-5,10H,2-3,6H2,1H3,(H,19,21,22). The van der Waals surface area contributed by atoms with E-state index in [-0.39, 0.29) is 30.7 Å². The summed E-state index contributed by atoms with van der Waals surface area (Å²) in [7, 11) is 1.12. The first kappa shape index (κ1) is 16.3. The number of fused-ring (bicyclic) bond motifs is 1. The molecule has 3 amide bonds. The van der Waals surface area contributed by atoms with Crippen LogP contribution in [0.1, 0.15) is 34.3 Å². The Hall–Kier alpha value is -2.58. The van der Waals surface area contributed by atoms with Gasteiger partial charge in [-0.25, -0.2) is 0 Å². The topological polar surface area (TPSA) is 75.7 Å². The molecule has 9 heteroatoms. The summed E-state index contributed by atoms with van der Waals surface area (Å²) in [5.74, 6) is -2.08. The molecule has 1 N–H and O–H groups in total. The number of carbonyl (C=O) groups excluding carboxylic acids is 3. The van der Waals surface area contributed by atoms with Gasteiger partial charge in [0, 0.05) is 18.5 Å². The van der Waals surface area contributed by atoms with Crippen LogP contribution in [0.5, 0.6) is 5.75 Å². The molecule has 1 aromatic rings. The normalized spacial score (nSPS) is 20.9. The maximum atomic E-state index is 13.1. The summed E-state index contributed by atoms with van der Waals surface area (Å²) in [6, 6.07) is 1.05. The number of nitrogens with zero attached hydrogens (tertiary/aromatic N) is 1. The smallest absolute Gasteiger partial charge is 0.419 e. The Morgan fingerprint density at radius 1 is 1.25 bits per heavy atom. The Kier molecular flexibility index (Phi) is 3.73. The van der Waals surface area contributed by atoms with Crippen LogP contribution in [0.25, 0.3) is 0 Å². The molecule has 6 nitrogen and oxygen atoms in total. The van der Waals surface area contributed by atoms with Crippen LogP contribution in [0.2, 0.25) is 0 Å². The average Bonchev–Trinajstić information content (AvgIpc) is 2.81. The van der Waals surface area contributed by atoms with Gasteiger partial charge in [-0.3, -0.25) is 19.7 Å². The number of hydrogen-bond donors (Lipinski definition) is 1. The number of methoxy groups -OCH3 is 1. The average molecular weight is 342 g/mol. The lowest BCUT2D eigenvalue weighted by atomic mass is 10.0. The summed E-state index contributed by atoms with van der Waals surface area (Å²) in [6.45, 7) is -0.00502. The minimum Gasteiger partial charge on any atom is -0.496 e. The molecule has 3 rings (SSSR count). The van der Waals surface area contributed by atoms with Crippen LogP contribution in [0, 0.1) is 0 Å². The summed E-state index contributed by atoms with van der Waals surface area (Å²) < 4.78 is 44.0. The van der Waals surface area contributed by atoms with Gasteiger partial charge < -0.3 is 9.64 Å². The van der Waals surface area contributed by atoms with Gasteiger partial charge in [0.2, 0.25) is 11.8 Å². The molecule has 0 bridgehead atoms. The van der Waals surface area contributed by atoms with Crippen LogP contribution in [-0.4, -0.2) is 35.8 Å². The lowest BCUT2D eigenvalue weighted by Crippen LogP contribution is -2.52. The summed E-state index contributed by atoms with van der Waals surface area (Å²) >= 11 is 0. The highest BCUT2D eigenvalue weighted by atomic mass is 19.4. The molecule has 1 atom stereocenters. The van der Waals surface area contributed by atoms with Crippen molar-refractivity contribution < 1.29 is 32.3 Å². The van der Waals surface area contributed by atoms with Crippen molar-refractivity contribution in [3.8, 4) is 5.75 Å². The summed E-state index contributed by atoms with van der Waals surface area (Å²) in [6.07, 6.45) is -4.44. The molecule has 1 fully saturated rings. The molecular weight excluding hydrogens is 329 g/mol. The van der Waals surface area contributed by atoms with E-state index >= 15 is 0 Å². The predicted molar refractivity (Wildman–Crippen MR) is 74.0 cm³/mol. The Labute approximate surface area is 134 Å². The third kappa shape index (κ3) is 2.59. The number of benzene rings is 1. The molecule has 1 aromatic carbocycles. The van der Waals surface area contributed by atoms with Gasteiger partial charge in [0.15, 0.2) is 0 Å². The second-order valence-electron chi connectivity index (χ2n) is 5.61. The zero-order valence-corrected chi connectivity index (χ0v) is 12.6. The summed E-state index contributed by atoms with van der Waals surface area (Å²) in [4.78, 5) is 36.7. The highest BCUT2D eigenvalue weighted by molar-refractivity contribution is 6.05. The lowest BCUT2D eigenvalue weighted by molar-refractivity contribution is -0.139. The Morgan fingerprint density at radius 3 is 2.54 bits per heavy atom. The van der Waals surface area contributed by atoms with E-state index in [2.05, 4.69) is 5.32 Å². The van der Waals surface area contributed by atoms with Crippen molar-refractivity contribution >= 4 is 17.7 Å². The number of nitrogens with one attached hydrogen (secondary N) is 1. The van der Waals surface area contributed by atoms with Crippen molar-refractivity contribution in [2.24, 2.45) is 0 Å². The lowest BCUT2D eigenvalue weighted by Gasteiger charge is -2.29. The van der Waals surface area contributed by atoms with E-state index in [0.717, 1.165) is 13.2 Å². The maximum Gasteiger partial charge on any atom is 0.419 e. The van der Waals surface area contributed by atoms with Gasteiger partial charge in [-0.15, -0.1) is 0 Å². The minimum absolute atomic E-state index is 0.00502. The quantitative estimate of drug-likeness (QED) is 0.826. The Bertz CT molecular complexity index is 745. The molecule has 0 spiro atoms. The van der Waals surface area contributed by atoms with E-state index in [0.29, 0.717) is 5.56 Å². The number of ether oxygens (including phenoxy) is 1. The zero-order valence-electron chi connectivity index (χ0n) is 12.6. The zero-order chi connectivity index (χ0) is 17.6. The molecule has 0 radical (unpaired) electrons. The van der Waals surface area contributed by atoms with E-state index in [1.165, 1.54) is 11.0 Å². The predicted octanol–water partition coefficient (Wildman–Crippen LogP) is 1.47. The van der Waals surface area contributed by atoms with Crippen molar-refractivity contribution in [2.45, 2.75) is 31.6 Å². The van der Waals surface area contributed by atoms with Crippen LogP contribution >= 0.6 is 0 Å². The van der Waals surface area contributed by atoms with E-state index in [1.54, 1.807) is 0 Å². The third-order valence-corrected chi connectivity index (χ3v) is 4.15. The van der Waals surface area contributed by atoms with Gasteiger partial charge in [0.1, 0.15) is 11.8 Å². The molecule has 1 saturated heterocycles. The van der Waals surface area contributed by atoms with Crippen LogP contribution in [0.15, 0.2) is 12.1 Å². The third-order valence-electron chi connectivity index (χ3n) is 4.15. The van der Waals surface area contributed by atoms with Gasteiger partial charge in [-0.2, -0.15) is 13.2 Å². The number of carbonyl (C=O) groups is 3. The summed E-state index contributed by atoms with van der Waals surface area (Å²) in [5, 5.41) is 2.14. The monoisotopic (exact) mass is 342 g/mol. The van der Waals surface area contributed by atoms with E-state index in [9.17, 15) is 27.6 Å². The van der Waals surface area contributed by atoms with Crippen molar-refractivity contribution in [1.82, 2.24) is 10.2 Å². The first-order valence-corrected chi connectivity index (χ1v) is 7.15. The second-order valence-corrected chi connectivity index (χ2v) is 5.61. The molecular formula is C15H13F3N2O4. The first-order valence-electron chi connectivity index (χ1n) is 7.15. The second kappa shape index (κ2) is 5.50. The minimum atomic E-state index is -4.66. The Balaban J connectivity index is 1.96. The van der Waals surface area contributed by atoms with Crippen LogP contribution in [0.3, 0.4) is 0 Å². The van der Waals surface area contributed by atoms with Gasteiger partial charge in [0.05, 0.1) is 12.7 Å². The number of piperidine rings is 1. The molecule has 1 unspecified atom stereocenters. The largest absolute Gasteiger partial charge is 0.496 e. The van der Waals surface area contributed by atoms with Gasteiger partial charge in [-0.05, 0) is 24.1 Å². The van der Waals surface area contributed by atoms with Crippen molar-refractivity contribution in [1.29, 1.82) is 0 Å². The van der Waals surface area contributed by atoms with Crippen molar-refractivity contribution in [3.63, 3.8) is 0 Å². The molecule has 0 aromatic heterocycles. The van der Waals surface area contributed by atoms with E-state index < -0.39 is 35.5 Å². The highest BCUT2D eigenvalue weighted by Gasteiger charge is 2.42. The molecule has 128 valence electrons. The maximum absolute atomic E-state index is 13.1. The van der Waals surface area contributed by atoms with Crippen molar-refractivity contribution in [2.75, 3.05) is 7.11 Å². The van der Waals surface area contributed by atoms with Crippen molar-refractivity contribution in [3.05, 3.63) is 28.8 Å². The molecule has 2 aliphatic heterocycles. The van der Waals surface area contributed by atoms with Gasteiger partial charge in [0.25, 0.3) is 5.91 Å². The highest BCUT2D eigenvalue weighted by Crippen LogP contribution is 2.40. The van der Waals surface area contributed by atoms with Crippen LogP contribution in [0.4, 0.5) is 13.2 Å². The number of rotatable bonds is 2. The fourth-order valence-electron chi connectivity index (χ4n) is 2.98. The number of amides is 3. The Morgan fingerprint density at radius 2 is 1.96 bits per heavy atom. The van der Waals surface area contributed by atoms with Gasteiger partial charge >= 0.3 is 6.18 Å². The number of imide groups is 1. The molecule has 24 heavy (non-hydrogen) atoms. The van der Waals surface area contributed by atoms with E-state index in [4.69, 9.17) is 4.74 Å². The number of hydrogen-bond acceptors (Lipinski definition) is 4. The van der Waals surface area contributed by atoms with Gasteiger partial charge in [-0.1, -0.05) is 0 Å². The SMILES string of the molecule is COc1cc2c(cc1C(F)(F)F)C(=O)N(C1CCC(=O)NC1=O)C2. The molecule has 0 saturated carbocycles. The number of alkyl halides is 3. The molecule has 0 aliphatic carbocycles.